The normalized spacial score (nSPS) is 14.4. The lowest BCUT2D eigenvalue weighted by Gasteiger charge is -2.27. The second-order valence-electron chi connectivity index (χ2n) is 4.23. The molecular weight excluding hydrogens is 272 g/mol. The molecule has 2 N–H and O–H groups in total. The zero-order chi connectivity index (χ0) is 12.1. The maximum Gasteiger partial charge on any atom is 0.220 e. The van der Waals surface area contributed by atoms with Gasteiger partial charge in [-0.1, -0.05) is 6.07 Å². The van der Waals surface area contributed by atoms with Crippen molar-refractivity contribution in [1.82, 2.24) is 10.6 Å². The molecule has 4 nitrogen and oxygen atoms in total. The van der Waals surface area contributed by atoms with Gasteiger partial charge in [-0.2, -0.15) is 0 Å². The van der Waals surface area contributed by atoms with Crippen LogP contribution in [0.3, 0.4) is 0 Å². The lowest BCUT2D eigenvalue weighted by atomic mass is 10.0. The Hall–Kier alpha value is -0.910. The summed E-state index contributed by atoms with van der Waals surface area (Å²) in [6, 6.07) is 3.65. The quantitative estimate of drug-likeness (QED) is 0.780. The lowest BCUT2D eigenvalue weighted by molar-refractivity contribution is -0.121. The maximum absolute atomic E-state index is 11.6. The monoisotopic (exact) mass is 288 g/mol. The summed E-state index contributed by atoms with van der Waals surface area (Å²) in [4.78, 5) is 23.9. The molecule has 1 aromatic heterocycles. The van der Waals surface area contributed by atoms with Crippen LogP contribution in [0, 0.1) is 5.92 Å². The highest BCUT2D eigenvalue weighted by Crippen LogP contribution is 2.12. The van der Waals surface area contributed by atoms with Gasteiger partial charge in [-0.15, -0.1) is 23.7 Å². The van der Waals surface area contributed by atoms with Crippen LogP contribution < -0.4 is 10.6 Å². The number of hydrogen-bond donors (Lipinski definition) is 2. The minimum Gasteiger partial charge on any atom is -0.356 e. The zero-order valence-electron chi connectivity index (χ0n) is 9.98. The first-order valence-electron chi connectivity index (χ1n) is 5.80. The number of hydrogen-bond acceptors (Lipinski definition) is 4. The van der Waals surface area contributed by atoms with Crippen molar-refractivity contribution >= 4 is 35.4 Å². The third kappa shape index (κ3) is 4.40. The van der Waals surface area contributed by atoms with Crippen LogP contribution >= 0.6 is 23.7 Å². The third-order valence-electron chi connectivity index (χ3n) is 2.83. The molecule has 0 aliphatic carbocycles. The smallest absolute Gasteiger partial charge is 0.220 e. The number of Topliss-reactive ketones (excluding diaryl/α,β-unsaturated/α-hetero) is 1. The number of ketones is 1. The minimum atomic E-state index is -0.0261. The average molecular weight is 289 g/mol. The molecule has 1 amide bonds. The van der Waals surface area contributed by atoms with E-state index >= 15 is 0 Å². The van der Waals surface area contributed by atoms with E-state index in [0.29, 0.717) is 12.3 Å². The number of carbonyl (C=O) groups excluding carboxylic acids is 2. The van der Waals surface area contributed by atoms with Gasteiger partial charge in [0.1, 0.15) is 0 Å². The molecule has 1 aliphatic heterocycles. The van der Waals surface area contributed by atoms with Gasteiger partial charge >= 0.3 is 0 Å². The number of halogens is 1. The highest BCUT2D eigenvalue weighted by Gasteiger charge is 2.17. The summed E-state index contributed by atoms with van der Waals surface area (Å²) in [6.45, 7) is 2.68. The molecular formula is C12H17ClN2O2S. The first-order valence-corrected chi connectivity index (χ1v) is 6.68. The highest BCUT2D eigenvalue weighted by molar-refractivity contribution is 7.12. The van der Waals surface area contributed by atoms with Crippen molar-refractivity contribution in [2.75, 3.05) is 19.6 Å². The molecule has 0 aromatic carbocycles. The van der Waals surface area contributed by atoms with Crippen LogP contribution in [0.2, 0.25) is 0 Å². The molecule has 1 aromatic rings. The van der Waals surface area contributed by atoms with Gasteiger partial charge in [0.2, 0.25) is 5.91 Å². The van der Waals surface area contributed by atoms with Gasteiger partial charge in [0.25, 0.3) is 0 Å². The van der Waals surface area contributed by atoms with E-state index in [1.54, 1.807) is 6.07 Å². The van der Waals surface area contributed by atoms with E-state index in [1.165, 1.54) is 11.3 Å². The van der Waals surface area contributed by atoms with Gasteiger partial charge in [-0.3, -0.25) is 9.59 Å². The van der Waals surface area contributed by atoms with Crippen molar-refractivity contribution in [2.45, 2.75) is 12.8 Å². The van der Waals surface area contributed by atoms with E-state index in [4.69, 9.17) is 0 Å². The summed E-state index contributed by atoms with van der Waals surface area (Å²) in [5.74, 6) is 0.592. The molecule has 1 fully saturated rings. The molecule has 2 heterocycles. The molecule has 0 bridgehead atoms. The predicted octanol–water partition coefficient (Wildman–Crippen LogP) is 1.47. The lowest BCUT2D eigenvalue weighted by Crippen LogP contribution is -2.48. The number of nitrogens with one attached hydrogen (secondary N) is 2. The Balaban J connectivity index is 0.00000162. The van der Waals surface area contributed by atoms with Gasteiger partial charge < -0.3 is 10.6 Å². The van der Waals surface area contributed by atoms with Crippen LogP contribution in [-0.4, -0.2) is 31.3 Å². The first-order chi connectivity index (χ1) is 8.25. The molecule has 1 saturated heterocycles. The molecule has 0 radical (unpaired) electrons. The molecule has 0 saturated carbocycles. The van der Waals surface area contributed by atoms with E-state index in [1.807, 2.05) is 11.4 Å². The minimum absolute atomic E-state index is 0. The van der Waals surface area contributed by atoms with Crippen molar-refractivity contribution in [3.8, 4) is 0 Å². The van der Waals surface area contributed by atoms with Crippen LogP contribution in [-0.2, 0) is 4.79 Å². The number of thiophene rings is 1. The van der Waals surface area contributed by atoms with Crippen molar-refractivity contribution in [1.29, 1.82) is 0 Å². The Morgan fingerprint density at radius 3 is 2.72 bits per heavy atom. The maximum atomic E-state index is 11.6. The Kier molecular flexibility index (Phi) is 6.32. The van der Waals surface area contributed by atoms with Crippen LogP contribution in [0.1, 0.15) is 22.5 Å². The summed E-state index contributed by atoms with van der Waals surface area (Å²) < 4.78 is 0. The van der Waals surface area contributed by atoms with E-state index in [-0.39, 0.29) is 30.5 Å². The van der Waals surface area contributed by atoms with E-state index in [2.05, 4.69) is 10.6 Å². The summed E-state index contributed by atoms with van der Waals surface area (Å²) in [5.41, 5.74) is 0. The van der Waals surface area contributed by atoms with Gasteiger partial charge in [-0.05, 0) is 11.4 Å². The van der Waals surface area contributed by atoms with E-state index in [9.17, 15) is 9.59 Å². The Bertz CT molecular complexity index is 391. The average Bonchev–Trinajstić information content (AvgIpc) is 2.77. The van der Waals surface area contributed by atoms with Gasteiger partial charge in [-0.25, -0.2) is 0 Å². The fourth-order valence-corrected chi connectivity index (χ4v) is 2.32. The zero-order valence-corrected chi connectivity index (χ0v) is 11.6. The molecule has 2 rings (SSSR count). The predicted molar refractivity (Wildman–Crippen MR) is 74.5 cm³/mol. The fraction of sp³-hybridized carbons (Fsp3) is 0.500. The molecule has 0 atom stereocenters. The van der Waals surface area contributed by atoms with Crippen molar-refractivity contribution < 1.29 is 9.59 Å². The largest absolute Gasteiger partial charge is 0.356 e. The van der Waals surface area contributed by atoms with Gasteiger partial charge in [0.05, 0.1) is 4.88 Å². The molecule has 6 heteroatoms. The van der Waals surface area contributed by atoms with Crippen LogP contribution in [0.15, 0.2) is 17.5 Å². The standard InChI is InChI=1S/C12H16N2O2S.ClH/c15-10(11-2-1-5-17-11)3-4-12(16)14-8-9-6-13-7-9;/h1-2,5,9,13H,3-4,6-8H2,(H,14,16);1H. The summed E-state index contributed by atoms with van der Waals surface area (Å²) in [6.07, 6.45) is 0.589. The summed E-state index contributed by atoms with van der Waals surface area (Å²) in [7, 11) is 0. The molecule has 18 heavy (non-hydrogen) atoms. The van der Waals surface area contributed by atoms with E-state index < -0.39 is 0 Å². The number of carbonyl (C=O) groups is 2. The SMILES string of the molecule is Cl.O=C(CCC(=O)c1cccs1)NCC1CNC1. The van der Waals surface area contributed by atoms with Gasteiger partial charge in [0, 0.05) is 38.4 Å². The van der Waals surface area contributed by atoms with Crippen LogP contribution in [0.5, 0.6) is 0 Å². The van der Waals surface area contributed by atoms with Crippen LogP contribution in [0.25, 0.3) is 0 Å². The topological polar surface area (TPSA) is 58.2 Å². The van der Waals surface area contributed by atoms with Crippen molar-refractivity contribution in [2.24, 2.45) is 5.92 Å². The van der Waals surface area contributed by atoms with Crippen molar-refractivity contribution in [3.63, 3.8) is 0 Å². The van der Waals surface area contributed by atoms with Crippen molar-refractivity contribution in [3.05, 3.63) is 22.4 Å². The molecule has 100 valence electrons. The molecule has 1 aliphatic rings. The Morgan fingerprint density at radius 1 is 1.39 bits per heavy atom. The second-order valence-corrected chi connectivity index (χ2v) is 5.18. The first kappa shape index (κ1) is 15.1. The van der Waals surface area contributed by atoms with E-state index in [0.717, 1.165) is 24.5 Å². The van der Waals surface area contributed by atoms with Crippen LogP contribution in [0.4, 0.5) is 0 Å². The number of amides is 1. The fourth-order valence-electron chi connectivity index (χ4n) is 1.63. The second kappa shape index (κ2) is 7.51. The number of rotatable bonds is 6. The highest BCUT2D eigenvalue weighted by atomic mass is 35.5. The third-order valence-corrected chi connectivity index (χ3v) is 3.74. The van der Waals surface area contributed by atoms with Gasteiger partial charge in [0.15, 0.2) is 5.78 Å². The molecule has 0 spiro atoms. The Morgan fingerprint density at radius 2 is 2.17 bits per heavy atom. The molecule has 0 unspecified atom stereocenters. The summed E-state index contributed by atoms with van der Waals surface area (Å²) in [5, 5.41) is 7.88. The Labute approximate surface area is 117 Å². The summed E-state index contributed by atoms with van der Waals surface area (Å²) >= 11 is 1.42.